The predicted molar refractivity (Wildman–Crippen MR) is 68.1 cm³/mol. The Kier molecular flexibility index (Phi) is 5.40. The molecule has 1 rings (SSSR count). The first kappa shape index (κ1) is 14.5. The van der Waals surface area contributed by atoms with Crippen molar-refractivity contribution < 1.29 is 9.53 Å². The quantitative estimate of drug-likeness (QED) is 0.440. The lowest BCUT2D eigenvalue weighted by Gasteiger charge is -2.31. The lowest BCUT2D eigenvalue weighted by atomic mass is 9.85. The number of ether oxygens (including phenoxy) is 1. The summed E-state index contributed by atoms with van der Waals surface area (Å²) in [5, 5.41) is 0. The molecular weight excluding hydrogens is 216 g/mol. The molecule has 0 heterocycles. The van der Waals surface area contributed by atoms with Crippen LogP contribution in [0.3, 0.4) is 0 Å². The number of carbonyl (C=O) groups excluding carboxylic acids is 1. The fraction of sp³-hybridized carbons (Fsp3) is 0.923. The summed E-state index contributed by atoms with van der Waals surface area (Å²) in [6.07, 6.45) is 6.37. The van der Waals surface area contributed by atoms with Gasteiger partial charge in [-0.2, -0.15) is 0 Å². The molecule has 4 heteroatoms. The van der Waals surface area contributed by atoms with E-state index in [9.17, 15) is 4.79 Å². The van der Waals surface area contributed by atoms with Crippen molar-refractivity contribution >= 4 is 5.91 Å². The molecule has 4 nitrogen and oxygen atoms in total. The van der Waals surface area contributed by atoms with E-state index >= 15 is 0 Å². The van der Waals surface area contributed by atoms with E-state index in [0.29, 0.717) is 12.7 Å². The highest BCUT2D eigenvalue weighted by Gasteiger charge is 2.30. The van der Waals surface area contributed by atoms with Crippen molar-refractivity contribution in [3.63, 3.8) is 0 Å². The Balaban J connectivity index is 2.37. The van der Waals surface area contributed by atoms with Crippen LogP contribution in [0.5, 0.6) is 0 Å². The standard InChI is InChI=1S/C13H26N2O2/c1-4-10-6-5-7-11(8-10)17-9-13(2,3)12(16)15-14/h10-11H,4-9,14H2,1-3H3,(H,15,16). The van der Waals surface area contributed by atoms with Gasteiger partial charge in [0.2, 0.25) is 5.91 Å². The van der Waals surface area contributed by atoms with Gasteiger partial charge in [-0.1, -0.05) is 26.2 Å². The minimum atomic E-state index is -0.548. The Morgan fingerprint density at radius 2 is 2.18 bits per heavy atom. The fourth-order valence-electron chi connectivity index (χ4n) is 2.35. The van der Waals surface area contributed by atoms with Gasteiger partial charge in [-0.25, -0.2) is 5.84 Å². The summed E-state index contributed by atoms with van der Waals surface area (Å²) in [6, 6.07) is 0. The normalized spacial score (nSPS) is 25.6. The van der Waals surface area contributed by atoms with Crippen molar-refractivity contribution in [2.24, 2.45) is 17.2 Å². The Bertz CT molecular complexity index is 254. The van der Waals surface area contributed by atoms with Gasteiger partial charge >= 0.3 is 0 Å². The van der Waals surface area contributed by atoms with Gasteiger partial charge < -0.3 is 4.74 Å². The Labute approximate surface area is 104 Å². The fourth-order valence-corrected chi connectivity index (χ4v) is 2.35. The van der Waals surface area contributed by atoms with E-state index in [1.54, 1.807) is 0 Å². The maximum atomic E-state index is 11.5. The number of carbonyl (C=O) groups is 1. The molecule has 3 N–H and O–H groups in total. The summed E-state index contributed by atoms with van der Waals surface area (Å²) >= 11 is 0. The van der Waals surface area contributed by atoms with Crippen LogP contribution in [-0.4, -0.2) is 18.6 Å². The smallest absolute Gasteiger partial charge is 0.241 e. The first-order chi connectivity index (χ1) is 7.99. The summed E-state index contributed by atoms with van der Waals surface area (Å²) in [7, 11) is 0. The summed E-state index contributed by atoms with van der Waals surface area (Å²) in [5.41, 5.74) is 1.65. The van der Waals surface area contributed by atoms with E-state index in [4.69, 9.17) is 10.6 Å². The van der Waals surface area contributed by atoms with Crippen LogP contribution >= 0.6 is 0 Å². The lowest BCUT2D eigenvalue weighted by Crippen LogP contribution is -2.44. The molecule has 17 heavy (non-hydrogen) atoms. The van der Waals surface area contributed by atoms with Gasteiger partial charge in [-0.15, -0.1) is 0 Å². The maximum Gasteiger partial charge on any atom is 0.241 e. The number of rotatable bonds is 5. The molecule has 2 unspecified atom stereocenters. The Morgan fingerprint density at radius 3 is 2.76 bits per heavy atom. The summed E-state index contributed by atoms with van der Waals surface area (Å²) in [6.45, 7) is 6.39. The van der Waals surface area contributed by atoms with E-state index in [1.807, 2.05) is 13.8 Å². The van der Waals surface area contributed by atoms with Gasteiger partial charge in [-0.05, 0) is 32.6 Å². The monoisotopic (exact) mass is 242 g/mol. The molecule has 0 aliphatic heterocycles. The third-order valence-electron chi connectivity index (χ3n) is 3.74. The van der Waals surface area contributed by atoms with Crippen molar-refractivity contribution in [2.45, 2.75) is 59.0 Å². The number of hydrogen-bond donors (Lipinski definition) is 2. The highest BCUT2D eigenvalue weighted by Crippen LogP contribution is 2.29. The minimum Gasteiger partial charge on any atom is -0.377 e. The summed E-state index contributed by atoms with van der Waals surface area (Å²) < 4.78 is 5.89. The third kappa shape index (κ3) is 4.28. The van der Waals surface area contributed by atoms with Gasteiger partial charge in [-0.3, -0.25) is 10.2 Å². The minimum absolute atomic E-state index is 0.166. The van der Waals surface area contributed by atoms with Crippen LogP contribution in [0.2, 0.25) is 0 Å². The van der Waals surface area contributed by atoms with E-state index in [-0.39, 0.29) is 5.91 Å². The Morgan fingerprint density at radius 1 is 1.47 bits per heavy atom. The van der Waals surface area contributed by atoms with Crippen molar-refractivity contribution in [1.29, 1.82) is 0 Å². The van der Waals surface area contributed by atoms with Crippen LogP contribution in [0.25, 0.3) is 0 Å². The Hall–Kier alpha value is -0.610. The molecule has 2 atom stereocenters. The van der Waals surface area contributed by atoms with Crippen LogP contribution < -0.4 is 11.3 Å². The number of hydrogen-bond acceptors (Lipinski definition) is 3. The molecule has 0 saturated heterocycles. The van der Waals surface area contributed by atoms with Gasteiger partial charge in [0.25, 0.3) is 0 Å². The zero-order valence-electron chi connectivity index (χ0n) is 11.3. The first-order valence-corrected chi connectivity index (χ1v) is 6.62. The van der Waals surface area contributed by atoms with Crippen LogP contribution in [0.1, 0.15) is 52.9 Å². The van der Waals surface area contributed by atoms with E-state index in [1.165, 1.54) is 19.3 Å². The second kappa shape index (κ2) is 6.36. The van der Waals surface area contributed by atoms with Gasteiger partial charge in [0.1, 0.15) is 0 Å². The lowest BCUT2D eigenvalue weighted by molar-refractivity contribution is -0.134. The van der Waals surface area contributed by atoms with Crippen molar-refractivity contribution in [3.8, 4) is 0 Å². The molecule has 0 aromatic heterocycles. The molecule has 0 aromatic rings. The number of amides is 1. The summed E-state index contributed by atoms with van der Waals surface area (Å²) in [5.74, 6) is 5.78. The van der Waals surface area contributed by atoms with Gasteiger partial charge in [0.15, 0.2) is 0 Å². The summed E-state index contributed by atoms with van der Waals surface area (Å²) in [4.78, 5) is 11.5. The molecule has 0 bridgehead atoms. The molecule has 1 saturated carbocycles. The number of nitrogens with one attached hydrogen (secondary N) is 1. The largest absolute Gasteiger partial charge is 0.377 e. The molecule has 100 valence electrons. The van der Waals surface area contributed by atoms with Crippen LogP contribution in [0, 0.1) is 11.3 Å². The van der Waals surface area contributed by atoms with Crippen molar-refractivity contribution in [2.75, 3.05) is 6.61 Å². The van der Waals surface area contributed by atoms with Gasteiger partial charge in [0, 0.05) is 0 Å². The molecule has 1 fully saturated rings. The molecule has 1 aliphatic rings. The molecule has 0 spiro atoms. The van der Waals surface area contributed by atoms with E-state index in [2.05, 4.69) is 12.3 Å². The van der Waals surface area contributed by atoms with E-state index < -0.39 is 5.41 Å². The maximum absolute atomic E-state index is 11.5. The molecule has 0 radical (unpaired) electrons. The second-order valence-corrected chi connectivity index (χ2v) is 5.73. The highest BCUT2D eigenvalue weighted by atomic mass is 16.5. The van der Waals surface area contributed by atoms with Crippen LogP contribution in [-0.2, 0) is 9.53 Å². The first-order valence-electron chi connectivity index (χ1n) is 6.62. The van der Waals surface area contributed by atoms with Crippen molar-refractivity contribution in [1.82, 2.24) is 5.43 Å². The average Bonchev–Trinajstić information content (AvgIpc) is 2.35. The van der Waals surface area contributed by atoms with E-state index in [0.717, 1.165) is 18.8 Å². The number of hydrazine groups is 1. The second-order valence-electron chi connectivity index (χ2n) is 5.73. The molecular formula is C13H26N2O2. The molecule has 1 aliphatic carbocycles. The van der Waals surface area contributed by atoms with Gasteiger partial charge in [0.05, 0.1) is 18.1 Å². The topological polar surface area (TPSA) is 64.3 Å². The number of nitrogens with two attached hydrogens (primary N) is 1. The zero-order chi connectivity index (χ0) is 12.9. The highest BCUT2D eigenvalue weighted by molar-refractivity contribution is 5.81. The third-order valence-corrected chi connectivity index (χ3v) is 3.74. The molecule has 1 amide bonds. The van der Waals surface area contributed by atoms with Crippen LogP contribution in [0.4, 0.5) is 0 Å². The van der Waals surface area contributed by atoms with Crippen molar-refractivity contribution in [3.05, 3.63) is 0 Å². The SMILES string of the molecule is CCC1CCCC(OCC(C)(C)C(=O)NN)C1. The zero-order valence-corrected chi connectivity index (χ0v) is 11.3. The van der Waals surface area contributed by atoms with Crippen LogP contribution in [0.15, 0.2) is 0 Å². The average molecular weight is 242 g/mol. The predicted octanol–water partition coefficient (Wildman–Crippen LogP) is 1.99. The molecule has 0 aromatic carbocycles.